The zero-order chi connectivity index (χ0) is 35.2. The molecule has 1 aromatic heterocycles. The zero-order valence-electron chi connectivity index (χ0n) is 27.7. The van der Waals surface area contributed by atoms with Gasteiger partial charge in [0.1, 0.15) is 11.9 Å². The standard InChI is InChI=1S/C34H44F3N5O5S/c1-5-28(43)40-27(30(45)42-14-12-33(4,47)13-15-42)17-22-8-11-26(25(35)16-22)41-29(44)24(23-9-6-20(2)7-10-23)18-38-31(46)34(36,37)32-39-21(3)19-48-32/h8,11,16,18-20,23-24,27,47H,5-7,9-10,12-15,17H2,1-4H3,(H,40,43)(H,41,44)/t20?,23?,24?,27-/m1/s1. The van der Waals surface area contributed by atoms with Crippen molar-refractivity contribution in [2.75, 3.05) is 18.4 Å². The molecule has 1 saturated carbocycles. The van der Waals surface area contributed by atoms with Crippen molar-refractivity contribution < 1.29 is 37.5 Å². The number of rotatable bonds is 11. The van der Waals surface area contributed by atoms with Gasteiger partial charge in [0.15, 0.2) is 5.01 Å². The maximum atomic E-state index is 15.4. The fourth-order valence-corrected chi connectivity index (χ4v) is 6.80. The molecule has 0 radical (unpaired) electrons. The number of piperidine rings is 1. The molecule has 2 atom stereocenters. The van der Waals surface area contributed by atoms with Gasteiger partial charge in [-0.2, -0.15) is 8.78 Å². The molecule has 1 saturated heterocycles. The van der Waals surface area contributed by atoms with Gasteiger partial charge < -0.3 is 20.6 Å². The van der Waals surface area contributed by atoms with Gasteiger partial charge in [-0.3, -0.25) is 19.2 Å². The highest BCUT2D eigenvalue weighted by molar-refractivity contribution is 7.09. The molecule has 10 nitrogen and oxygen atoms in total. The minimum absolute atomic E-state index is 0.00685. The topological polar surface area (TPSA) is 141 Å². The number of aryl methyl sites for hydroxylation is 1. The molecular formula is C34H44F3N5O5S. The molecule has 14 heteroatoms. The minimum Gasteiger partial charge on any atom is -0.390 e. The predicted octanol–water partition coefficient (Wildman–Crippen LogP) is 5.17. The number of halogens is 3. The lowest BCUT2D eigenvalue weighted by molar-refractivity contribution is -0.142. The van der Waals surface area contributed by atoms with E-state index in [4.69, 9.17) is 0 Å². The molecule has 0 bridgehead atoms. The van der Waals surface area contributed by atoms with Crippen molar-refractivity contribution in [3.8, 4) is 0 Å². The molecule has 1 aliphatic heterocycles. The highest BCUT2D eigenvalue weighted by Crippen LogP contribution is 2.35. The van der Waals surface area contributed by atoms with Crippen LogP contribution in [0.1, 0.15) is 82.0 Å². The second-order valence-electron chi connectivity index (χ2n) is 13.3. The molecule has 4 rings (SSSR count). The molecule has 2 fully saturated rings. The summed E-state index contributed by atoms with van der Waals surface area (Å²) in [6, 6.07) is 3.08. The number of carbonyl (C=O) groups is 4. The van der Waals surface area contributed by atoms with Crippen LogP contribution in [0.2, 0.25) is 0 Å². The van der Waals surface area contributed by atoms with Gasteiger partial charge in [-0.05, 0) is 69.1 Å². The summed E-state index contributed by atoms with van der Waals surface area (Å²) in [4.78, 5) is 60.4. The van der Waals surface area contributed by atoms with E-state index in [0.29, 0.717) is 67.3 Å². The Hall–Kier alpha value is -3.65. The maximum absolute atomic E-state index is 15.4. The number of likely N-dealkylation sites (tertiary alicyclic amines) is 1. The first-order valence-corrected chi connectivity index (χ1v) is 17.3. The van der Waals surface area contributed by atoms with E-state index in [9.17, 15) is 33.1 Å². The van der Waals surface area contributed by atoms with Gasteiger partial charge in [0.05, 0.1) is 17.2 Å². The third-order valence-corrected chi connectivity index (χ3v) is 10.2. The number of aliphatic hydroxyl groups is 1. The number of hydrogen-bond donors (Lipinski definition) is 3. The fraction of sp³-hybridized carbons (Fsp3) is 0.588. The quantitative estimate of drug-likeness (QED) is 0.278. The summed E-state index contributed by atoms with van der Waals surface area (Å²) in [5.74, 6) is -8.77. The van der Waals surface area contributed by atoms with Gasteiger partial charge in [-0.1, -0.05) is 32.8 Å². The summed E-state index contributed by atoms with van der Waals surface area (Å²) < 4.78 is 45.0. The van der Waals surface area contributed by atoms with Gasteiger partial charge in [0.2, 0.25) is 17.7 Å². The van der Waals surface area contributed by atoms with Crippen molar-refractivity contribution in [2.24, 2.45) is 22.7 Å². The summed E-state index contributed by atoms with van der Waals surface area (Å²) in [5.41, 5.74) is -0.295. The minimum atomic E-state index is -3.96. The summed E-state index contributed by atoms with van der Waals surface area (Å²) in [5, 5.41) is 16.2. The van der Waals surface area contributed by atoms with Crippen LogP contribution >= 0.6 is 11.3 Å². The van der Waals surface area contributed by atoms with Crippen molar-refractivity contribution in [1.29, 1.82) is 0 Å². The molecule has 2 aromatic rings. The van der Waals surface area contributed by atoms with E-state index in [1.165, 1.54) is 30.5 Å². The molecule has 1 aliphatic carbocycles. The number of benzene rings is 1. The van der Waals surface area contributed by atoms with E-state index < -0.39 is 46.1 Å². The fourth-order valence-electron chi connectivity index (χ4n) is 6.03. The number of thiazole rings is 1. The normalized spacial score (nSPS) is 21.0. The lowest BCUT2D eigenvalue weighted by Crippen LogP contribution is -2.53. The Labute approximate surface area is 282 Å². The molecule has 0 spiro atoms. The van der Waals surface area contributed by atoms with Crippen LogP contribution in [-0.4, -0.2) is 69.6 Å². The number of anilines is 1. The van der Waals surface area contributed by atoms with Crippen LogP contribution < -0.4 is 10.6 Å². The maximum Gasteiger partial charge on any atom is 0.377 e. The first-order chi connectivity index (χ1) is 22.6. The largest absolute Gasteiger partial charge is 0.390 e. The van der Waals surface area contributed by atoms with Crippen molar-refractivity contribution >= 4 is 46.9 Å². The second kappa shape index (κ2) is 15.7. The Bertz CT molecular complexity index is 1510. The van der Waals surface area contributed by atoms with Crippen molar-refractivity contribution in [2.45, 2.75) is 96.6 Å². The van der Waals surface area contributed by atoms with Crippen LogP contribution in [0.25, 0.3) is 0 Å². The molecule has 1 unspecified atom stereocenters. The number of nitrogens with one attached hydrogen (secondary N) is 2. The van der Waals surface area contributed by atoms with Gasteiger partial charge in [-0.25, -0.2) is 14.4 Å². The summed E-state index contributed by atoms with van der Waals surface area (Å²) in [6.45, 7) is 7.62. The van der Waals surface area contributed by atoms with Gasteiger partial charge in [0, 0.05) is 43.2 Å². The van der Waals surface area contributed by atoms with Crippen LogP contribution in [0.15, 0.2) is 28.6 Å². The Morgan fingerprint density at radius 2 is 1.85 bits per heavy atom. The zero-order valence-corrected chi connectivity index (χ0v) is 28.5. The molecule has 2 aliphatic rings. The van der Waals surface area contributed by atoms with Crippen LogP contribution in [0, 0.1) is 30.5 Å². The van der Waals surface area contributed by atoms with E-state index >= 15 is 4.39 Å². The molecule has 4 amide bonds. The smallest absolute Gasteiger partial charge is 0.377 e. The molecule has 48 heavy (non-hydrogen) atoms. The van der Waals surface area contributed by atoms with Crippen LogP contribution in [0.4, 0.5) is 18.9 Å². The van der Waals surface area contributed by atoms with E-state index in [1.807, 2.05) is 0 Å². The van der Waals surface area contributed by atoms with Crippen molar-refractivity contribution in [3.05, 3.63) is 45.7 Å². The second-order valence-corrected chi connectivity index (χ2v) is 14.2. The van der Waals surface area contributed by atoms with Crippen LogP contribution in [0.5, 0.6) is 0 Å². The Kier molecular flexibility index (Phi) is 12.2. The Morgan fingerprint density at radius 3 is 2.44 bits per heavy atom. The van der Waals surface area contributed by atoms with Gasteiger partial charge in [-0.15, -0.1) is 11.3 Å². The highest BCUT2D eigenvalue weighted by Gasteiger charge is 2.44. The third kappa shape index (κ3) is 9.49. The summed E-state index contributed by atoms with van der Waals surface area (Å²) in [6.07, 6.45) is 4.70. The van der Waals surface area contributed by atoms with E-state index in [1.54, 1.807) is 18.7 Å². The Balaban J connectivity index is 1.49. The Morgan fingerprint density at radius 1 is 1.19 bits per heavy atom. The lowest BCUT2D eigenvalue weighted by atomic mass is 9.76. The van der Waals surface area contributed by atoms with E-state index in [2.05, 4.69) is 27.5 Å². The number of hydrogen-bond acceptors (Lipinski definition) is 7. The average molecular weight is 692 g/mol. The van der Waals surface area contributed by atoms with Gasteiger partial charge >= 0.3 is 11.8 Å². The van der Waals surface area contributed by atoms with Crippen molar-refractivity contribution in [1.82, 2.24) is 15.2 Å². The number of aliphatic imine (C=N–C) groups is 1. The lowest BCUT2D eigenvalue weighted by Gasteiger charge is -2.37. The molecule has 262 valence electrons. The van der Waals surface area contributed by atoms with E-state index in [0.717, 1.165) is 19.1 Å². The van der Waals surface area contributed by atoms with Crippen LogP contribution in [0.3, 0.4) is 0 Å². The van der Waals surface area contributed by atoms with Crippen LogP contribution in [-0.2, 0) is 31.5 Å². The first-order valence-electron chi connectivity index (χ1n) is 16.4. The highest BCUT2D eigenvalue weighted by atomic mass is 32.1. The number of nitrogens with zero attached hydrogens (tertiary/aromatic N) is 3. The summed E-state index contributed by atoms with van der Waals surface area (Å²) >= 11 is 0.646. The van der Waals surface area contributed by atoms with Crippen molar-refractivity contribution in [3.63, 3.8) is 0 Å². The summed E-state index contributed by atoms with van der Waals surface area (Å²) in [7, 11) is 0. The first kappa shape index (κ1) is 37.2. The number of carbonyl (C=O) groups excluding carboxylic acids is 4. The average Bonchev–Trinajstić information content (AvgIpc) is 3.49. The number of aromatic nitrogens is 1. The molecule has 1 aromatic carbocycles. The SMILES string of the molecule is CCC(=O)N[C@H](Cc1ccc(NC(=O)C(C=NC(=O)C(F)(F)c2nc(C)cs2)C2CCC(C)CC2)c(F)c1)C(=O)N1CCC(C)(O)CC1. The monoisotopic (exact) mass is 691 g/mol. The van der Waals surface area contributed by atoms with E-state index in [-0.39, 0.29) is 36.3 Å². The molecule has 2 heterocycles. The molecule has 3 N–H and O–H groups in total. The predicted molar refractivity (Wildman–Crippen MR) is 176 cm³/mol. The number of amides is 4. The molecular weight excluding hydrogens is 647 g/mol. The number of alkyl halides is 2. The van der Waals surface area contributed by atoms with Gasteiger partial charge in [0.25, 0.3) is 0 Å². The third-order valence-electron chi connectivity index (χ3n) is 9.22.